The highest BCUT2D eigenvalue weighted by Crippen LogP contribution is 2.26. The number of thiophene rings is 1. The number of carbonyl (C=O) groups is 2. The summed E-state index contributed by atoms with van der Waals surface area (Å²) in [5.74, 6) is -2.19. The molecule has 9 heteroatoms. The zero-order chi connectivity index (χ0) is 14.4. The van der Waals surface area contributed by atoms with Crippen molar-refractivity contribution in [1.82, 2.24) is 5.32 Å². The fourth-order valence-electron chi connectivity index (χ4n) is 1.19. The number of ether oxygens (including phenoxy) is 2. The first-order valence-electron chi connectivity index (χ1n) is 5.01. The smallest absolute Gasteiger partial charge is 0.387 e. The number of aliphatic carboxylic acids is 1. The van der Waals surface area contributed by atoms with Crippen molar-refractivity contribution in [1.29, 1.82) is 0 Å². The van der Waals surface area contributed by atoms with Crippen molar-refractivity contribution in [3.63, 3.8) is 0 Å². The molecule has 1 aromatic rings. The number of rotatable bonds is 7. The van der Waals surface area contributed by atoms with E-state index in [4.69, 9.17) is 5.11 Å². The van der Waals surface area contributed by atoms with Crippen LogP contribution >= 0.6 is 11.3 Å². The summed E-state index contributed by atoms with van der Waals surface area (Å²) in [7, 11) is 1.18. The molecule has 0 fully saturated rings. The average Bonchev–Trinajstić information content (AvgIpc) is 2.76. The number of hydrogen-bond acceptors (Lipinski definition) is 5. The lowest BCUT2D eigenvalue weighted by molar-refractivity contribution is -0.148. The molecule has 6 nitrogen and oxygen atoms in total. The van der Waals surface area contributed by atoms with Crippen LogP contribution in [-0.2, 0) is 9.53 Å². The van der Waals surface area contributed by atoms with Crippen molar-refractivity contribution in [3.05, 3.63) is 16.3 Å². The number of alkyl halides is 2. The number of nitrogens with one attached hydrogen (secondary N) is 1. The second-order valence-electron chi connectivity index (χ2n) is 3.27. The van der Waals surface area contributed by atoms with Crippen molar-refractivity contribution in [2.75, 3.05) is 13.7 Å². The van der Waals surface area contributed by atoms with Crippen molar-refractivity contribution >= 4 is 23.2 Å². The molecule has 0 bridgehead atoms. The van der Waals surface area contributed by atoms with Crippen LogP contribution in [0.25, 0.3) is 0 Å². The molecule has 1 aromatic heterocycles. The Morgan fingerprint density at radius 3 is 2.74 bits per heavy atom. The Bertz CT molecular complexity index is 451. The van der Waals surface area contributed by atoms with E-state index in [0.29, 0.717) is 0 Å². The lowest BCUT2D eigenvalue weighted by atomic mass is 10.3. The minimum Gasteiger partial charge on any atom is -0.479 e. The maximum Gasteiger partial charge on any atom is 0.387 e. The van der Waals surface area contributed by atoms with Gasteiger partial charge in [-0.3, -0.25) is 4.79 Å². The number of hydrogen-bond donors (Lipinski definition) is 2. The molecule has 106 valence electrons. The van der Waals surface area contributed by atoms with Crippen molar-refractivity contribution in [3.8, 4) is 5.75 Å². The van der Waals surface area contributed by atoms with E-state index in [2.05, 4.69) is 14.8 Å². The molecule has 0 radical (unpaired) electrons. The summed E-state index contributed by atoms with van der Waals surface area (Å²) in [6.45, 7) is -3.32. The van der Waals surface area contributed by atoms with Crippen LogP contribution in [-0.4, -0.2) is 43.4 Å². The van der Waals surface area contributed by atoms with E-state index in [1.54, 1.807) is 0 Å². The Hall–Kier alpha value is -1.74. The van der Waals surface area contributed by atoms with Crippen LogP contribution in [0.4, 0.5) is 8.78 Å². The van der Waals surface area contributed by atoms with Crippen molar-refractivity contribution < 1.29 is 33.0 Å². The summed E-state index contributed by atoms with van der Waals surface area (Å²) in [5.41, 5.74) is 0. The van der Waals surface area contributed by atoms with Crippen LogP contribution in [0, 0.1) is 0 Å². The number of halogens is 2. The number of carboxylic acid groups (broad SMARTS) is 1. The van der Waals surface area contributed by atoms with Gasteiger partial charge in [0.1, 0.15) is 10.6 Å². The zero-order valence-electron chi connectivity index (χ0n) is 9.76. The predicted octanol–water partition coefficient (Wildman–Crippen LogP) is 1.18. The van der Waals surface area contributed by atoms with Crippen molar-refractivity contribution in [2.24, 2.45) is 0 Å². The van der Waals surface area contributed by atoms with E-state index in [1.165, 1.54) is 18.6 Å². The molecule has 0 aliphatic carbocycles. The lowest BCUT2D eigenvalue weighted by Gasteiger charge is -2.11. The maximum absolute atomic E-state index is 12.1. The summed E-state index contributed by atoms with van der Waals surface area (Å²) in [4.78, 5) is 22.3. The molecule has 0 saturated heterocycles. The topological polar surface area (TPSA) is 84.9 Å². The predicted molar refractivity (Wildman–Crippen MR) is 61.7 cm³/mol. The van der Waals surface area contributed by atoms with Gasteiger partial charge in [0.2, 0.25) is 0 Å². The summed E-state index contributed by atoms with van der Waals surface area (Å²) >= 11 is 0.909. The molecule has 1 amide bonds. The highest BCUT2D eigenvalue weighted by Gasteiger charge is 2.21. The van der Waals surface area contributed by atoms with Crippen LogP contribution in [0.3, 0.4) is 0 Å². The molecule has 0 aromatic carbocycles. The van der Waals surface area contributed by atoms with Gasteiger partial charge in [0.05, 0.1) is 6.54 Å². The van der Waals surface area contributed by atoms with Crippen LogP contribution in [0.15, 0.2) is 11.4 Å². The van der Waals surface area contributed by atoms with Gasteiger partial charge in [0.15, 0.2) is 6.10 Å². The molecule has 1 unspecified atom stereocenters. The fourth-order valence-corrected chi connectivity index (χ4v) is 1.93. The van der Waals surface area contributed by atoms with Gasteiger partial charge in [0.25, 0.3) is 5.91 Å². The van der Waals surface area contributed by atoms with Crippen molar-refractivity contribution in [2.45, 2.75) is 12.7 Å². The van der Waals surface area contributed by atoms with E-state index >= 15 is 0 Å². The Morgan fingerprint density at radius 1 is 1.53 bits per heavy atom. The monoisotopic (exact) mass is 295 g/mol. The minimum absolute atomic E-state index is 0.0551. The lowest BCUT2D eigenvalue weighted by Crippen LogP contribution is -2.37. The molecule has 1 heterocycles. The first-order valence-corrected chi connectivity index (χ1v) is 5.89. The van der Waals surface area contributed by atoms with Gasteiger partial charge in [-0.1, -0.05) is 0 Å². The Labute approximate surface area is 110 Å². The first-order chi connectivity index (χ1) is 8.95. The van der Waals surface area contributed by atoms with E-state index in [9.17, 15) is 18.4 Å². The van der Waals surface area contributed by atoms with Gasteiger partial charge in [-0.15, -0.1) is 11.3 Å². The van der Waals surface area contributed by atoms with Crippen LogP contribution in [0.5, 0.6) is 5.75 Å². The van der Waals surface area contributed by atoms with Gasteiger partial charge in [-0.05, 0) is 11.4 Å². The molecular formula is C10H11F2NO5S. The first kappa shape index (κ1) is 15.3. The largest absolute Gasteiger partial charge is 0.479 e. The molecule has 0 aliphatic rings. The Kier molecular flexibility index (Phi) is 5.64. The van der Waals surface area contributed by atoms with E-state index < -0.39 is 24.6 Å². The third-order valence-corrected chi connectivity index (χ3v) is 2.95. The van der Waals surface area contributed by atoms with Gasteiger partial charge in [-0.25, -0.2) is 4.79 Å². The minimum atomic E-state index is -3.04. The Balaban J connectivity index is 2.63. The molecular weight excluding hydrogens is 284 g/mol. The number of carbonyl (C=O) groups excluding carboxylic acids is 1. The maximum atomic E-state index is 12.1. The third-order valence-electron chi connectivity index (χ3n) is 2.06. The second-order valence-corrected chi connectivity index (χ2v) is 4.18. The summed E-state index contributed by atoms with van der Waals surface area (Å²) < 4.78 is 32.9. The molecule has 1 atom stereocenters. The van der Waals surface area contributed by atoms with Crippen LogP contribution < -0.4 is 10.1 Å². The normalized spacial score (nSPS) is 12.2. The Morgan fingerprint density at radius 2 is 2.21 bits per heavy atom. The summed E-state index contributed by atoms with van der Waals surface area (Å²) in [5, 5.41) is 12.4. The van der Waals surface area contributed by atoms with Gasteiger partial charge in [0, 0.05) is 7.11 Å². The highest BCUT2D eigenvalue weighted by atomic mass is 32.1. The number of amides is 1. The van der Waals surface area contributed by atoms with Gasteiger partial charge in [-0.2, -0.15) is 8.78 Å². The van der Waals surface area contributed by atoms with E-state index in [1.807, 2.05) is 0 Å². The van der Waals surface area contributed by atoms with Gasteiger partial charge < -0.3 is 19.9 Å². The number of methoxy groups -OCH3 is 1. The summed E-state index contributed by atoms with van der Waals surface area (Å²) in [6, 6.07) is 1.23. The zero-order valence-corrected chi connectivity index (χ0v) is 10.6. The fraction of sp³-hybridized carbons (Fsp3) is 0.400. The van der Waals surface area contributed by atoms with E-state index in [-0.39, 0.29) is 17.2 Å². The average molecular weight is 295 g/mol. The molecule has 0 spiro atoms. The van der Waals surface area contributed by atoms with Gasteiger partial charge >= 0.3 is 12.6 Å². The van der Waals surface area contributed by atoms with E-state index in [0.717, 1.165) is 11.3 Å². The molecule has 2 N–H and O–H groups in total. The second kappa shape index (κ2) is 7.00. The SMILES string of the molecule is COC(CNC(=O)c1sccc1OC(F)F)C(=O)O. The third kappa shape index (κ3) is 4.45. The quantitative estimate of drug-likeness (QED) is 0.789. The molecule has 19 heavy (non-hydrogen) atoms. The number of carboxylic acids is 1. The standard InChI is InChI=1S/C10H11F2NO5S/c1-17-6(9(15)16)4-13-8(14)7-5(2-3-19-7)18-10(11)12/h2-3,6,10H,4H2,1H3,(H,13,14)(H,15,16). The highest BCUT2D eigenvalue weighted by molar-refractivity contribution is 7.12. The molecule has 0 saturated carbocycles. The summed E-state index contributed by atoms with van der Waals surface area (Å²) in [6.07, 6.45) is -1.21. The molecule has 0 aliphatic heterocycles. The molecule has 1 rings (SSSR count). The van der Waals surface area contributed by atoms with Crippen LogP contribution in [0.2, 0.25) is 0 Å². The van der Waals surface area contributed by atoms with Crippen LogP contribution in [0.1, 0.15) is 9.67 Å².